The summed E-state index contributed by atoms with van der Waals surface area (Å²) >= 11 is 0. The van der Waals surface area contributed by atoms with Crippen LogP contribution in [0.15, 0.2) is 48.5 Å². The molecular weight excluding hydrogens is 260 g/mol. The first-order valence-corrected chi connectivity index (χ1v) is 4.40. The summed E-state index contributed by atoms with van der Waals surface area (Å²) in [6.45, 7) is 2.12. The summed E-state index contributed by atoms with van der Waals surface area (Å²) in [5.74, 6) is 0. The molecule has 2 aromatic carbocycles. The average molecular weight is 271 g/mol. The standard InChI is InChI=1S/C13H11.BrH.Mg/c1-11-7-5-6-10-13(11)12-8-3-2-4-9-12;;/h2-8,10H,1H3;1H;/q-1;;+2/p-1. The van der Waals surface area contributed by atoms with Gasteiger partial charge in [0, 0.05) is 0 Å². The number of rotatable bonds is 1. The van der Waals surface area contributed by atoms with Gasteiger partial charge in [0.1, 0.15) is 0 Å². The van der Waals surface area contributed by atoms with Gasteiger partial charge in [0.05, 0.1) is 0 Å². The third-order valence-electron chi connectivity index (χ3n) is 2.14. The Morgan fingerprint density at radius 2 is 1.60 bits per heavy atom. The van der Waals surface area contributed by atoms with Gasteiger partial charge in [-0.2, -0.15) is 0 Å². The van der Waals surface area contributed by atoms with E-state index in [4.69, 9.17) is 0 Å². The van der Waals surface area contributed by atoms with Gasteiger partial charge in [0.25, 0.3) is 0 Å². The number of halogens is 1. The molecule has 0 unspecified atom stereocenters. The van der Waals surface area contributed by atoms with Crippen LogP contribution in [0, 0.1) is 13.0 Å². The molecule has 15 heavy (non-hydrogen) atoms. The molecule has 0 amide bonds. The molecular formula is C13H11BrMg. The number of benzene rings is 2. The second-order valence-electron chi connectivity index (χ2n) is 3.09. The van der Waals surface area contributed by atoms with Crippen LogP contribution in [0.25, 0.3) is 11.1 Å². The smallest absolute Gasteiger partial charge is 1.00 e. The minimum atomic E-state index is 0. The zero-order valence-corrected chi connectivity index (χ0v) is 11.7. The zero-order valence-electron chi connectivity index (χ0n) is 8.70. The average Bonchev–Trinajstić information content (AvgIpc) is 2.20. The number of aryl methyl sites for hydroxylation is 1. The maximum Gasteiger partial charge on any atom is 2.00 e. The normalized spacial score (nSPS) is 8.60. The number of hydrogen-bond acceptors (Lipinski definition) is 0. The first kappa shape index (κ1) is 14.7. The molecule has 0 aliphatic carbocycles. The molecule has 0 heterocycles. The van der Waals surface area contributed by atoms with Crippen LogP contribution in [-0.2, 0) is 0 Å². The van der Waals surface area contributed by atoms with Crippen LogP contribution in [0.3, 0.4) is 0 Å². The third kappa shape index (κ3) is 3.63. The van der Waals surface area contributed by atoms with Crippen LogP contribution in [0.2, 0.25) is 0 Å². The Labute approximate surface area is 118 Å². The summed E-state index contributed by atoms with van der Waals surface area (Å²) in [6, 6.07) is 19.6. The molecule has 0 aliphatic heterocycles. The Hall–Kier alpha value is -0.314. The second-order valence-corrected chi connectivity index (χ2v) is 3.09. The van der Waals surface area contributed by atoms with Crippen molar-refractivity contribution in [1.82, 2.24) is 0 Å². The molecule has 0 radical (unpaired) electrons. The Morgan fingerprint density at radius 1 is 0.933 bits per heavy atom. The van der Waals surface area contributed by atoms with Crippen molar-refractivity contribution in [2.24, 2.45) is 0 Å². The fraction of sp³-hybridized carbons (Fsp3) is 0.0769. The van der Waals surface area contributed by atoms with Gasteiger partial charge in [-0.1, -0.05) is 35.4 Å². The van der Waals surface area contributed by atoms with Gasteiger partial charge in [-0.3, -0.25) is 0 Å². The molecule has 0 fully saturated rings. The van der Waals surface area contributed by atoms with E-state index in [-0.39, 0.29) is 40.0 Å². The van der Waals surface area contributed by atoms with Crippen molar-refractivity contribution in [3.63, 3.8) is 0 Å². The molecule has 0 aliphatic rings. The predicted octanol–water partition coefficient (Wildman–Crippen LogP) is 0.0854. The van der Waals surface area contributed by atoms with Crippen molar-refractivity contribution in [1.29, 1.82) is 0 Å². The molecule has 72 valence electrons. The first-order valence-electron chi connectivity index (χ1n) is 4.40. The minimum absolute atomic E-state index is 0. The van der Waals surface area contributed by atoms with Crippen molar-refractivity contribution in [3.8, 4) is 11.1 Å². The largest absolute Gasteiger partial charge is 2.00 e. The quantitative estimate of drug-likeness (QED) is 0.509. The monoisotopic (exact) mass is 270 g/mol. The van der Waals surface area contributed by atoms with E-state index in [1.54, 1.807) is 0 Å². The van der Waals surface area contributed by atoms with Crippen LogP contribution in [-0.4, -0.2) is 23.1 Å². The van der Waals surface area contributed by atoms with Crippen molar-refractivity contribution in [2.75, 3.05) is 0 Å². The molecule has 0 aromatic heterocycles. The van der Waals surface area contributed by atoms with Gasteiger partial charge in [-0.05, 0) is 6.92 Å². The molecule has 0 atom stereocenters. The van der Waals surface area contributed by atoms with Crippen LogP contribution in [0.1, 0.15) is 5.56 Å². The van der Waals surface area contributed by atoms with Crippen LogP contribution >= 0.6 is 0 Å². The summed E-state index contributed by atoms with van der Waals surface area (Å²) in [4.78, 5) is 0. The fourth-order valence-corrected chi connectivity index (χ4v) is 1.44. The van der Waals surface area contributed by atoms with Gasteiger partial charge in [0.15, 0.2) is 0 Å². The van der Waals surface area contributed by atoms with Crippen molar-refractivity contribution in [2.45, 2.75) is 6.92 Å². The van der Waals surface area contributed by atoms with Gasteiger partial charge in [0.2, 0.25) is 0 Å². The van der Waals surface area contributed by atoms with Crippen molar-refractivity contribution < 1.29 is 17.0 Å². The molecule has 0 spiro atoms. The van der Waals surface area contributed by atoms with E-state index in [1.807, 2.05) is 18.2 Å². The summed E-state index contributed by atoms with van der Waals surface area (Å²) in [5.41, 5.74) is 3.73. The van der Waals surface area contributed by atoms with Gasteiger partial charge in [-0.15, -0.1) is 35.9 Å². The van der Waals surface area contributed by atoms with Crippen LogP contribution in [0.4, 0.5) is 0 Å². The minimum Gasteiger partial charge on any atom is -1.00 e. The van der Waals surface area contributed by atoms with Crippen molar-refractivity contribution in [3.05, 3.63) is 60.2 Å². The summed E-state index contributed by atoms with van der Waals surface area (Å²) in [7, 11) is 0. The van der Waals surface area contributed by atoms with E-state index in [0.29, 0.717) is 0 Å². The second kappa shape index (κ2) is 7.04. The predicted molar refractivity (Wildman–Crippen MR) is 61.2 cm³/mol. The Balaban J connectivity index is 0.000000980. The third-order valence-corrected chi connectivity index (χ3v) is 2.14. The molecule has 2 heteroatoms. The van der Waals surface area contributed by atoms with Gasteiger partial charge < -0.3 is 17.0 Å². The van der Waals surface area contributed by atoms with Gasteiger partial charge >= 0.3 is 23.1 Å². The fourth-order valence-electron chi connectivity index (χ4n) is 1.44. The van der Waals surface area contributed by atoms with E-state index in [1.165, 1.54) is 16.7 Å². The Kier molecular flexibility index (Phi) is 6.89. The number of hydrogen-bond donors (Lipinski definition) is 0. The molecule has 0 nitrogen and oxygen atoms in total. The van der Waals surface area contributed by atoms with Gasteiger partial charge in [-0.25, -0.2) is 0 Å². The molecule has 0 saturated heterocycles. The Morgan fingerprint density at radius 3 is 2.20 bits per heavy atom. The maximum atomic E-state index is 3.23. The molecule has 0 bridgehead atoms. The molecule has 2 aromatic rings. The summed E-state index contributed by atoms with van der Waals surface area (Å²) < 4.78 is 0. The Bertz CT molecular complexity index is 398. The topological polar surface area (TPSA) is 0 Å². The molecule has 0 saturated carbocycles. The summed E-state index contributed by atoms with van der Waals surface area (Å²) in [5, 5.41) is 0. The zero-order chi connectivity index (χ0) is 9.10. The van der Waals surface area contributed by atoms with Crippen LogP contribution < -0.4 is 17.0 Å². The van der Waals surface area contributed by atoms with Crippen molar-refractivity contribution >= 4 is 23.1 Å². The van der Waals surface area contributed by atoms with E-state index in [2.05, 4.69) is 43.3 Å². The van der Waals surface area contributed by atoms with Crippen LogP contribution in [0.5, 0.6) is 0 Å². The first-order chi connectivity index (χ1) is 6.38. The van der Waals surface area contributed by atoms with E-state index >= 15 is 0 Å². The molecule has 0 N–H and O–H groups in total. The van der Waals surface area contributed by atoms with E-state index < -0.39 is 0 Å². The van der Waals surface area contributed by atoms with E-state index in [0.717, 1.165) is 0 Å². The maximum absolute atomic E-state index is 3.23. The SMILES string of the molecule is Cc1ccccc1-c1[c-]cccc1.[Br-].[Mg+2]. The summed E-state index contributed by atoms with van der Waals surface area (Å²) in [6.07, 6.45) is 0. The van der Waals surface area contributed by atoms with E-state index in [9.17, 15) is 0 Å². The molecule has 2 rings (SSSR count).